The Balaban J connectivity index is 1.74. The highest BCUT2D eigenvalue weighted by molar-refractivity contribution is 7.92. The van der Waals surface area contributed by atoms with Crippen molar-refractivity contribution in [2.45, 2.75) is 11.4 Å². The molecule has 34 heavy (non-hydrogen) atoms. The second-order valence-electron chi connectivity index (χ2n) is 7.88. The summed E-state index contributed by atoms with van der Waals surface area (Å²) in [6.07, 6.45) is 1.00. The molecule has 1 amide bonds. The average Bonchev–Trinajstić information content (AvgIpc) is 2.82. The number of carbonyl (C=O) groups is 1. The van der Waals surface area contributed by atoms with Gasteiger partial charge in [0.1, 0.15) is 12.3 Å². The van der Waals surface area contributed by atoms with Crippen LogP contribution in [0.15, 0.2) is 53.4 Å². The monoisotopic (exact) mass is 511 g/mol. The fourth-order valence-corrected chi connectivity index (χ4v) is 5.71. The molecule has 1 fully saturated rings. The van der Waals surface area contributed by atoms with Crippen LogP contribution in [-0.2, 0) is 36.1 Å². The molecule has 1 saturated heterocycles. The standard InChI is InChI=1S/C22H29N3O7S2/c1-23(16-18-4-8-20(31-2)9-5-18)22(26)17-25(33(3,27)28)19-6-10-21(11-7-19)34(29,30)24-12-14-32-15-13-24/h4-11H,12-17H2,1-3H3. The van der Waals surface area contributed by atoms with E-state index < -0.39 is 32.5 Å². The van der Waals surface area contributed by atoms with Crippen molar-refractivity contribution in [1.82, 2.24) is 9.21 Å². The first-order chi connectivity index (χ1) is 16.0. The average molecular weight is 512 g/mol. The zero-order chi connectivity index (χ0) is 24.9. The van der Waals surface area contributed by atoms with Crippen molar-refractivity contribution in [1.29, 1.82) is 0 Å². The maximum absolute atomic E-state index is 12.8. The highest BCUT2D eigenvalue weighted by Gasteiger charge is 2.27. The van der Waals surface area contributed by atoms with Gasteiger partial charge in [-0.05, 0) is 42.0 Å². The Hall–Kier alpha value is -2.67. The number of rotatable bonds is 9. The molecule has 1 aliphatic heterocycles. The molecule has 0 aromatic heterocycles. The van der Waals surface area contributed by atoms with Gasteiger partial charge in [0, 0.05) is 26.7 Å². The van der Waals surface area contributed by atoms with Gasteiger partial charge in [-0.3, -0.25) is 9.10 Å². The van der Waals surface area contributed by atoms with Gasteiger partial charge >= 0.3 is 0 Å². The summed E-state index contributed by atoms with van der Waals surface area (Å²) < 4.78 is 63.2. The number of amides is 1. The Kier molecular flexibility index (Phi) is 8.18. The van der Waals surface area contributed by atoms with Gasteiger partial charge in [-0.15, -0.1) is 0 Å². The van der Waals surface area contributed by atoms with Crippen molar-refractivity contribution in [2.75, 3.05) is 57.6 Å². The molecule has 10 nitrogen and oxygen atoms in total. The van der Waals surface area contributed by atoms with Crippen LogP contribution in [0, 0.1) is 0 Å². The summed E-state index contributed by atoms with van der Waals surface area (Å²) in [5, 5.41) is 0. The molecule has 3 rings (SSSR count). The number of hydrogen-bond donors (Lipinski definition) is 0. The molecule has 0 radical (unpaired) electrons. The van der Waals surface area contributed by atoms with Gasteiger partial charge in [0.25, 0.3) is 0 Å². The molecule has 0 saturated carbocycles. The Bertz CT molecular complexity index is 1190. The van der Waals surface area contributed by atoms with Gasteiger partial charge in [0.15, 0.2) is 0 Å². The lowest BCUT2D eigenvalue weighted by Crippen LogP contribution is -2.41. The predicted molar refractivity (Wildman–Crippen MR) is 128 cm³/mol. The summed E-state index contributed by atoms with van der Waals surface area (Å²) in [4.78, 5) is 14.3. The molecule has 2 aromatic carbocycles. The third kappa shape index (κ3) is 6.26. The number of nitrogens with zero attached hydrogens (tertiary/aromatic N) is 3. The number of carbonyl (C=O) groups excluding carboxylic acids is 1. The van der Waals surface area contributed by atoms with Gasteiger partial charge in [0.2, 0.25) is 26.0 Å². The number of benzene rings is 2. The van der Waals surface area contributed by atoms with Crippen LogP contribution in [0.1, 0.15) is 5.56 Å². The molecule has 1 aliphatic rings. The van der Waals surface area contributed by atoms with Gasteiger partial charge in [-0.1, -0.05) is 12.1 Å². The summed E-state index contributed by atoms with van der Waals surface area (Å²) in [7, 11) is -4.37. The second-order valence-corrected chi connectivity index (χ2v) is 11.7. The number of ether oxygens (including phenoxy) is 2. The van der Waals surface area contributed by atoms with Gasteiger partial charge in [-0.25, -0.2) is 16.8 Å². The third-order valence-corrected chi connectivity index (χ3v) is 8.47. The second kappa shape index (κ2) is 10.7. The van der Waals surface area contributed by atoms with E-state index in [0.717, 1.165) is 16.1 Å². The van der Waals surface area contributed by atoms with Crippen LogP contribution in [0.4, 0.5) is 5.69 Å². The third-order valence-electron chi connectivity index (χ3n) is 5.42. The Labute approximate surface area is 200 Å². The molecule has 0 aliphatic carbocycles. The summed E-state index contributed by atoms with van der Waals surface area (Å²) in [5.74, 6) is 0.284. The summed E-state index contributed by atoms with van der Waals surface area (Å²) >= 11 is 0. The lowest BCUT2D eigenvalue weighted by atomic mass is 10.2. The summed E-state index contributed by atoms with van der Waals surface area (Å²) in [5.41, 5.74) is 1.06. The van der Waals surface area contributed by atoms with E-state index in [1.54, 1.807) is 26.3 Å². The maximum Gasteiger partial charge on any atom is 0.243 e. The molecule has 12 heteroatoms. The van der Waals surface area contributed by atoms with Crippen LogP contribution in [0.2, 0.25) is 0 Å². The zero-order valence-electron chi connectivity index (χ0n) is 19.4. The maximum atomic E-state index is 12.8. The van der Waals surface area contributed by atoms with Crippen LogP contribution < -0.4 is 9.04 Å². The summed E-state index contributed by atoms with van der Waals surface area (Å²) in [6, 6.07) is 12.7. The van der Waals surface area contributed by atoms with Crippen LogP contribution in [0.25, 0.3) is 0 Å². The van der Waals surface area contributed by atoms with Gasteiger partial charge < -0.3 is 14.4 Å². The van der Waals surface area contributed by atoms with Crippen molar-refractivity contribution in [3.63, 3.8) is 0 Å². The molecule has 0 spiro atoms. The fourth-order valence-electron chi connectivity index (χ4n) is 3.46. The van der Waals surface area contributed by atoms with Crippen molar-refractivity contribution >= 4 is 31.6 Å². The number of morpholine rings is 1. The van der Waals surface area contributed by atoms with Crippen molar-refractivity contribution < 1.29 is 31.1 Å². The molecule has 186 valence electrons. The van der Waals surface area contributed by atoms with Crippen molar-refractivity contribution in [3.05, 3.63) is 54.1 Å². The topological polar surface area (TPSA) is 114 Å². The van der Waals surface area contributed by atoms with E-state index in [1.165, 1.54) is 33.5 Å². The highest BCUT2D eigenvalue weighted by Crippen LogP contribution is 2.23. The molecular formula is C22H29N3O7S2. The first-order valence-corrected chi connectivity index (χ1v) is 13.8. The van der Waals surface area contributed by atoms with E-state index in [0.29, 0.717) is 19.0 Å². The number of methoxy groups -OCH3 is 1. The van der Waals surface area contributed by atoms with Crippen molar-refractivity contribution in [2.24, 2.45) is 0 Å². The highest BCUT2D eigenvalue weighted by atomic mass is 32.2. The number of likely N-dealkylation sites (N-methyl/N-ethyl adjacent to an activating group) is 1. The predicted octanol–water partition coefficient (Wildman–Crippen LogP) is 1.14. The smallest absolute Gasteiger partial charge is 0.243 e. The SMILES string of the molecule is COc1ccc(CN(C)C(=O)CN(c2ccc(S(=O)(=O)N3CCOCC3)cc2)S(C)(=O)=O)cc1. The van der Waals surface area contributed by atoms with Crippen LogP contribution >= 0.6 is 0 Å². The lowest BCUT2D eigenvalue weighted by molar-refractivity contribution is -0.128. The molecular weight excluding hydrogens is 482 g/mol. The molecule has 0 N–H and O–H groups in total. The van der Waals surface area contributed by atoms with E-state index in [9.17, 15) is 21.6 Å². The normalized spacial score (nSPS) is 15.0. The summed E-state index contributed by atoms with van der Waals surface area (Å²) in [6.45, 7) is 1.04. The van der Waals surface area contributed by atoms with E-state index >= 15 is 0 Å². The Morgan fingerprint density at radius 2 is 1.59 bits per heavy atom. The molecule has 0 bridgehead atoms. The quantitative estimate of drug-likeness (QED) is 0.496. The van der Waals surface area contributed by atoms with E-state index in [1.807, 2.05) is 12.1 Å². The minimum Gasteiger partial charge on any atom is -0.497 e. The molecule has 2 aromatic rings. The van der Waals surface area contributed by atoms with Crippen molar-refractivity contribution in [3.8, 4) is 5.75 Å². The molecule has 1 heterocycles. The van der Waals surface area contributed by atoms with Crippen LogP contribution in [0.5, 0.6) is 5.75 Å². The number of sulfonamides is 2. The van der Waals surface area contributed by atoms with E-state index in [2.05, 4.69) is 0 Å². The Morgan fingerprint density at radius 3 is 2.12 bits per heavy atom. The first kappa shape index (κ1) is 25.9. The minimum absolute atomic E-state index is 0.0505. The van der Waals surface area contributed by atoms with E-state index in [-0.39, 0.29) is 30.2 Å². The zero-order valence-corrected chi connectivity index (χ0v) is 21.0. The molecule has 0 atom stereocenters. The minimum atomic E-state index is -3.80. The molecule has 0 unspecified atom stereocenters. The number of anilines is 1. The number of hydrogen-bond acceptors (Lipinski definition) is 7. The largest absolute Gasteiger partial charge is 0.497 e. The fraction of sp³-hybridized carbons (Fsp3) is 0.409. The first-order valence-electron chi connectivity index (χ1n) is 10.5. The van der Waals surface area contributed by atoms with Crippen LogP contribution in [0.3, 0.4) is 0 Å². The van der Waals surface area contributed by atoms with Gasteiger partial charge in [-0.2, -0.15) is 4.31 Å². The Morgan fingerprint density at radius 1 is 1.00 bits per heavy atom. The van der Waals surface area contributed by atoms with E-state index in [4.69, 9.17) is 9.47 Å². The lowest BCUT2D eigenvalue weighted by Gasteiger charge is -2.27. The van der Waals surface area contributed by atoms with Crippen LogP contribution in [-0.4, -0.2) is 85.2 Å². The van der Waals surface area contributed by atoms with Gasteiger partial charge in [0.05, 0.1) is 37.2 Å².